The van der Waals surface area contributed by atoms with Gasteiger partial charge in [0, 0.05) is 10.7 Å². The van der Waals surface area contributed by atoms with Gasteiger partial charge in [-0.1, -0.05) is 0 Å². The van der Waals surface area contributed by atoms with E-state index in [1.54, 1.807) is 6.92 Å². The van der Waals surface area contributed by atoms with Crippen molar-refractivity contribution in [3.8, 4) is 0 Å². The van der Waals surface area contributed by atoms with Crippen LogP contribution in [0.3, 0.4) is 0 Å². The van der Waals surface area contributed by atoms with Gasteiger partial charge >= 0.3 is 0 Å². The lowest BCUT2D eigenvalue weighted by atomic mass is 10.6. The molecule has 1 amide bonds. The average Bonchev–Trinajstić information content (AvgIpc) is 2.66. The minimum atomic E-state index is -3.56. The zero-order valence-corrected chi connectivity index (χ0v) is 9.54. The van der Waals surface area contributed by atoms with Gasteiger partial charge in [0.2, 0.25) is 5.91 Å². The molecule has 14 heavy (non-hydrogen) atoms. The fourth-order valence-corrected chi connectivity index (χ4v) is 2.75. The topological polar surface area (TPSA) is 86.0 Å². The van der Waals surface area contributed by atoms with Crippen LogP contribution in [0.4, 0.5) is 0 Å². The maximum absolute atomic E-state index is 10.7. The Bertz CT molecular complexity index is 434. The number of hydrogen-bond donors (Lipinski definition) is 1. The van der Waals surface area contributed by atoms with Crippen molar-refractivity contribution in [1.82, 2.24) is 10.3 Å². The molecule has 2 heterocycles. The van der Waals surface area contributed by atoms with Crippen LogP contribution in [0.15, 0.2) is 9.72 Å². The molecule has 78 valence electrons. The first-order chi connectivity index (χ1) is 6.41. The van der Waals surface area contributed by atoms with Gasteiger partial charge in [0.05, 0.1) is 17.7 Å². The summed E-state index contributed by atoms with van der Waals surface area (Å²) >= 11 is 1.03. The second-order valence-corrected chi connectivity index (χ2v) is 6.06. The molecule has 0 bridgehead atoms. The van der Waals surface area contributed by atoms with Gasteiger partial charge in [-0.15, -0.1) is 11.3 Å². The van der Waals surface area contributed by atoms with Crippen LogP contribution in [0, 0.1) is 6.92 Å². The number of halogens is 1. The number of nitrogens with zero attached hydrogens (tertiary/aromatic N) is 1. The van der Waals surface area contributed by atoms with Gasteiger partial charge in [0.1, 0.15) is 0 Å². The van der Waals surface area contributed by atoms with E-state index in [1.807, 2.05) is 0 Å². The van der Waals surface area contributed by atoms with Gasteiger partial charge < -0.3 is 5.32 Å². The van der Waals surface area contributed by atoms with Gasteiger partial charge in [0.25, 0.3) is 9.05 Å². The molecule has 0 unspecified atom stereocenters. The number of aryl methyl sites for hydroxylation is 1. The highest BCUT2D eigenvalue weighted by Crippen LogP contribution is 2.22. The molecule has 1 saturated heterocycles. The van der Waals surface area contributed by atoms with E-state index < -0.39 is 9.05 Å². The maximum atomic E-state index is 10.7. The van der Waals surface area contributed by atoms with Crippen LogP contribution in [0.25, 0.3) is 0 Å². The standard InChI is InChI=1S/C4H4ClNO2S2.C2H3NO/c1-3-4(9-2-6-3)10(5,7)8;4-2-1-3-2/h2H,1H3;1H2,(H,3,4). The van der Waals surface area contributed by atoms with Crippen LogP contribution >= 0.6 is 22.0 Å². The Morgan fingerprint density at radius 2 is 2.14 bits per heavy atom. The van der Waals surface area contributed by atoms with Gasteiger partial charge in [-0.2, -0.15) is 0 Å². The fraction of sp³-hybridized carbons (Fsp3) is 0.333. The van der Waals surface area contributed by atoms with E-state index in [9.17, 15) is 13.2 Å². The van der Waals surface area contributed by atoms with Crippen LogP contribution in [-0.4, -0.2) is 25.9 Å². The van der Waals surface area contributed by atoms with Crippen molar-refractivity contribution in [2.24, 2.45) is 0 Å². The lowest BCUT2D eigenvalue weighted by molar-refractivity contribution is -0.110. The van der Waals surface area contributed by atoms with E-state index in [0.29, 0.717) is 12.2 Å². The van der Waals surface area contributed by atoms with Crippen LogP contribution in [-0.2, 0) is 13.8 Å². The molecular formula is C6H7ClN2O3S2. The van der Waals surface area contributed by atoms with Crippen LogP contribution in [0.5, 0.6) is 0 Å². The van der Waals surface area contributed by atoms with Crippen molar-refractivity contribution >= 4 is 37.0 Å². The summed E-state index contributed by atoms with van der Waals surface area (Å²) in [5.74, 6) is 0.167. The number of aromatic nitrogens is 1. The molecule has 0 atom stereocenters. The minimum absolute atomic E-state index is 0.133. The first-order valence-electron chi connectivity index (χ1n) is 3.52. The molecular weight excluding hydrogens is 248 g/mol. The Morgan fingerprint density at radius 1 is 1.64 bits per heavy atom. The third-order valence-corrected chi connectivity index (χ3v) is 4.39. The summed E-state index contributed by atoms with van der Waals surface area (Å²) in [5.41, 5.74) is 1.91. The van der Waals surface area contributed by atoms with E-state index in [-0.39, 0.29) is 10.1 Å². The molecule has 1 aromatic heterocycles. The van der Waals surface area contributed by atoms with Gasteiger partial charge in [-0.05, 0) is 6.92 Å². The van der Waals surface area contributed by atoms with Crippen molar-refractivity contribution in [3.05, 3.63) is 11.2 Å². The third-order valence-electron chi connectivity index (χ3n) is 1.24. The number of amides is 1. The van der Waals surface area contributed by atoms with Gasteiger partial charge in [-0.25, -0.2) is 13.4 Å². The van der Waals surface area contributed by atoms with Crippen molar-refractivity contribution in [3.63, 3.8) is 0 Å². The van der Waals surface area contributed by atoms with Crippen molar-refractivity contribution in [2.45, 2.75) is 11.1 Å². The molecule has 1 aliphatic heterocycles. The summed E-state index contributed by atoms with van der Waals surface area (Å²) in [6, 6.07) is 0. The molecule has 1 fully saturated rings. The normalized spacial score (nSPS) is 14.0. The van der Waals surface area contributed by atoms with Crippen molar-refractivity contribution in [1.29, 1.82) is 0 Å². The minimum Gasteiger partial charge on any atom is -0.346 e. The Hall–Kier alpha value is -0.660. The van der Waals surface area contributed by atoms with Crippen molar-refractivity contribution in [2.75, 3.05) is 6.54 Å². The molecule has 0 spiro atoms. The largest absolute Gasteiger partial charge is 0.346 e. The SMILES string of the molecule is Cc1ncsc1S(=O)(=O)Cl.O=C1CN1. The molecule has 0 radical (unpaired) electrons. The quantitative estimate of drug-likeness (QED) is 0.584. The highest BCUT2D eigenvalue weighted by atomic mass is 35.7. The first-order valence-corrected chi connectivity index (χ1v) is 6.71. The predicted molar refractivity (Wildman–Crippen MR) is 52.9 cm³/mol. The summed E-state index contributed by atoms with van der Waals surface area (Å²) in [6.45, 7) is 2.20. The van der Waals surface area contributed by atoms with E-state index in [4.69, 9.17) is 10.7 Å². The summed E-state index contributed by atoms with van der Waals surface area (Å²) in [7, 11) is 1.49. The molecule has 5 nitrogen and oxygen atoms in total. The number of nitrogens with one attached hydrogen (secondary N) is 1. The summed E-state index contributed by atoms with van der Waals surface area (Å²) in [5, 5.41) is 2.46. The maximum Gasteiger partial charge on any atom is 0.272 e. The van der Waals surface area contributed by atoms with E-state index in [1.165, 1.54) is 5.51 Å². The Kier molecular flexibility index (Phi) is 3.46. The lowest BCUT2D eigenvalue weighted by Gasteiger charge is -1.87. The number of carbonyl (C=O) groups is 1. The van der Waals surface area contributed by atoms with Crippen LogP contribution in [0.1, 0.15) is 5.69 Å². The average molecular weight is 255 g/mol. The van der Waals surface area contributed by atoms with Gasteiger partial charge in [0.15, 0.2) is 4.21 Å². The fourth-order valence-electron chi connectivity index (χ4n) is 0.561. The first kappa shape index (κ1) is 11.4. The molecule has 8 heteroatoms. The summed E-state index contributed by atoms with van der Waals surface area (Å²) in [4.78, 5) is 13.2. The summed E-state index contributed by atoms with van der Waals surface area (Å²) < 4.78 is 21.4. The second kappa shape index (κ2) is 4.24. The number of thiazole rings is 1. The molecule has 0 aromatic carbocycles. The highest BCUT2D eigenvalue weighted by Gasteiger charge is 2.15. The molecule has 0 aliphatic carbocycles. The Labute approximate surface area is 89.5 Å². The van der Waals surface area contributed by atoms with E-state index in [0.717, 1.165) is 11.3 Å². The van der Waals surface area contributed by atoms with E-state index >= 15 is 0 Å². The van der Waals surface area contributed by atoms with Crippen molar-refractivity contribution < 1.29 is 13.2 Å². The molecule has 1 aliphatic rings. The highest BCUT2D eigenvalue weighted by molar-refractivity contribution is 8.15. The number of hydrogen-bond acceptors (Lipinski definition) is 5. The molecule has 2 rings (SSSR count). The Balaban J connectivity index is 0.000000203. The van der Waals surface area contributed by atoms with E-state index in [2.05, 4.69) is 10.3 Å². The Morgan fingerprint density at radius 3 is 2.29 bits per heavy atom. The molecule has 1 N–H and O–H groups in total. The summed E-state index contributed by atoms with van der Waals surface area (Å²) in [6.07, 6.45) is 0. The zero-order chi connectivity index (χ0) is 10.8. The number of rotatable bonds is 1. The smallest absolute Gasteiger partial charge is 0.272 e. The van der Waals surface area contributed by atoms with Crippen LogP contribution in [0.2, 0.25) is 0 Å². The number of carbonyl (C=O) groups excluding carboxylic acids is 1. The lowest BCUT2D eigenvalue weighted by Crippen LogP contribution is -1.88. The second-order valence-electron chi connectivity index (χ2n) is 2.44. The molecule has 1 aromatic rings. The zero-order valence-electron chi connectivity index (χ0n) is 7.15. The monoisotopic (exact) mass is 254 g/mol. The molecule has 0 saturated carbocycles. The van der Waals surface area contributed by atoms with Gasteiger partial charge in [-0.3, -0.25) is 4.79 Å². The third kappa shape index (κ3) is 3.60. The predicted octanol–water partition coefficient (Wildman–Crippen LogP) is 0.495. The van der Waals surface area contributed by atoms with Crippen LogP contribution < -0.4 is 5.32 Å².